The molecule has 1 fully saturated rings. The lowest BCUT2D eigenvalue weighted by molar-refractivity contribution is 0.136. The molecule has 25 heavy (non-hydrogen) atoms. The van der Waals surface area contributed by atoms with Gasteiger partial charge in [0.05, 0.1) is 13.1 Å². The molecule has 0 aliphatic carbocycles. The summed E-state index contributed by atoms with van der Waals surface area (Å²) in [6, 6.07) is 7.42. The lowest BCUT2D eigenvalue weighted by Crippen LogP contribution is -2.33. The summed E-state index contributed by atoms with van der Waals surface area (Å²) in [4.78, 5) is 23.9. The van der Waals surface area contributed by atoms with Crippen molar-refractivity contribution in [2.45, 2.75) is 18.4 Å². The number of nitrogens with zero attached hydrogens (tertiary/aromatic N) is 1. The first-order valence-electron chi connectivity index (χ1n) is 7.83. The third-order valence-electron chi connectivity index (χ3n) is 4.25. The van der Waals surface area contributed by atoms with Crippen molar-refractivity contribution < 1.29 is 28.5 Å². The summed E-state index contributed by atoms with van der Waals surface area (Å²) in [5.74, 6) is 0.471. The maximum atomic E-state index is 12.0. The van der Waals surface area contributed by atoms with Crippen molar-refractivity contribution >= 4 is 28.5 Å². The molecular weight excluding hydrogens is 348 g/mol. The molecular formula is C16H20N2O6S. The molecule has 0 spiro atoms. The standard InChI is InChI=1S/C16H20N2O6S/c19-15(20)17-9-14-10-18(16(21)24-14)13-3-1-11(2-4-13)12-5-7-25(22,23)8-6-12/h1-5,7,12,14,17,22-23H,6,8-10H2,(H,19,20). The summed E-state index contributed by atoms with van der Waals surface area (Å²) in [6.07, 6.45) is 0.292. The second kappa shape index (κ2) is 6.95. The highest BCUT2D eigenvalue weighted by Gasteiger charge is 2.32. The first-order chi connectivity index (χ1) is 11.8. The van der Waals surface area contributed by atoms with Crippen molar-refractivity contribution in [1.82, 2.24) is 5.32 Å². The van der Waals surface area contributed by atoms with Crippen LogP contribution in [0.3, 0.4) is 0 Å². The number of benzene rings is 1. The Hall–Kier alpha value is -2.23. The van der Waals surface area contributed by atoms with Gasteiger partial charge < -0.3 is 15.2 Å². The largest absolute Gasteiger partial charge is 0.465 e. The number of carboxylic acid groups (broad SMARTS) is 1. The molecule has 2 aliphatic heterocycles. The van der Waals surface area contributed by atoms with E-state index in [0.717, 1.165) is 5.56 Å². The zero-order valence-electron chi connectivity index (χ0n) is 13.4. The van der Waals surface area contributed by atoms with Gasteiger partial charge in [0.2, 0.25) is 0 Å². The van der Waals surface area contributed by atoms with Crippen LogP contribution in [0.15, 0.2) is 35.7 Å². The van der Waals surface area contributed by atoms with Crippen LogP contribution in [0.4, 0.5) is 15.3 Å². The highest BCUT2D eigenvalue weighted by atomic mass is 32.3. The maximum Gasteiger partial charge on any atom is 0.414 e. The van der Waals surface area contributed by atoms with E-state index in [1.54, 1.807) is 0 Å². The van der Waals surface area contributed by atoms with Crippen molar-refractivity contribution in [1.29, 1.82) is 0 Å². The predicted octanol–water partition coefficient (Wildman–Crippen LogP) is 3.03. The summed E-state index contributed by atoms with van der Waals surface area (Å²) < 4.78 is 24.4. The van der Waals surface area contributed by atoms with Crippen LogP contribution in [-0.2, 0) is 4.74 Å². The Morgan fingerprint density at radius 3 is 2.64 bits per heavy atom. The van der Waals surface area contributed by atoms with Gasteiger partial charge in [0.15, 0.2) is 0 Å². The minimum atomic E-state index is -2.57. The first kappa shape index (κ1) is 17.6. The van der Waals surface area contributed by atoms with Gasteiger partial charge in [-0.05, 0) is 24.1 Å². The van der Waals surface area contributed by atoms with E-state index in [1.807, 2.05) is 30.3 Å². The molecule has 0 aromatic heterocycles. The van der Waals surface area contributed by atoms with Gasteiger partial charge in [0, 0.05) is 22.8 Å². The highest BCUT2D eigenvalue weighted by Crippen LogP contribution is 2.47. The summed E-state index contributed by atoms with van der Waals surface area (Å²) in [5, 5.41) is 12.3. The van der Waals surface area contributed by atoms with Crippen molar-refractivity contribution in [3.63, 3.8) is 0 Å². The van der Waals surface area contributed by atoms with E-state index >= 15 is 0 Å². The van der Waals surface area contributed by atoms with Crippen LogP contribution in [0.5, 0.6) is 0 Å². The second-order valence-corrected chi connectivity index (χ2v) is 8.15. The van der Waals surface area contributed by atoms with Crippen LogP contribution in [-0.4, -0.2) is 51.3 Å². The number of cyclic esters (lactones) is 1. The summed E-state index contributed by atoms with van der Waals surface area (Å²) in [5.41, 5.74) is 1.71. The average Bonchev–Trinajstić information content (AvgIpc) is 2.94. The van der Waals surface area contributed by atoms with Crippen LogP contribution in [0.2, 0.25) is 0 Å². The summed E-state index contributed by atoms with van der Waals surface area (Å²) >= 11 is 0. The van der Waals surface area contributed by atoms with Crippen LogP contribution in [0.1, 0.15) is 17.9 Å². The normalized spacial score (nSPS) is 26.2. The number of anilines is 1. The third kappa shape index (κ3) is 4.25. The van der Waals surface area contributed by atoms with Gasteiger partial charge in [-0.3, -0.25) is 14.0 Å². The van der Waals surface area contributed by atoms with E-state index < -0.39 is 28.9 Å². The van der Waals surface area contributed by atoms with E-state index in [-0.39, 0.29) is 19.0 Å². The van der Waals surface area contributed by atoms with E-state index in [1.165, 1.54) is 10.3 Å². The number of hydrogen-bond donors (Lipinski definition) is 4. The number of nitrogens with one attached hydrogen (secondary N) is 1. The van der Waals surface area contributed by atoms with E-state index in [0.29, 0.717) is 17.9 Å². The molecule has 0 radical (unpaired) electrons. The number of rotatable bonds is 4. The molecule has 0 saturated carbocycles. The number of hydrogen-bond acceptors (Lipinski definition) is 5. The predicted molar refractivity (Wildman–Crippen MR) is 94.3 cm³/mol. The van der Waals surface area contributed by atoms with Crippen molar-refractivity contribution in [2.24, 2.45) is 0 Å². The molecule has 2 atom stereocenters. The monoisotopic (exact) mass is 368 g/mol. The maximum absolute atomic E-state index is 12.0. The van der Waals surface area contributed by atoms with Crippen LogP contribution >= 0.6 is 10.6 Å². The van der Waals surface area contributed by atoms with E-state index in [9.17, 15) is 18.7 Å². The third-order valence-corrected chi connectivity index (χ3v) is 5.68. The molecule has 136 valence electrons. The molecule has 8 nitrogen and oxygen atoms in total. The number of allylic oxidation sites excluding steroid dienone is 1. The Balaban J connectivity index is 1.65. The molecule has 3 rings (SSSR count). The molecule has 0 bridgehead atoms. The van der Waals surface area contributed by atoms with Gasteiger partial charge in [-0.2, -0.15) is 10.6 Å². The minimum Gasteiger partial charge on any atom is -0.465 e. The molecule has 1 aromatic carbocycles. The van der Waals surface area contributed by atoms with Crippen molar-refractivity contribution in [3.05, 3.63) is 41.3 Å². The molecule has 9 heteroatoms. The molecule has 2 amide bonds. The number of ether oxygens (including phenoxy) is 1. The zero-order chi connectivity index (χ0) is 18.0. The Morgan fingerprint density at radius 1 is 1.32 bits per heavy atom. The Kier molecular flexibility index (Phi) is 4.89. The minimum absolute atomic E-state index is 0.0505. The SMILES string of the molecule is O=C(O)NCC1CN(c2ccc(C3C=CS(O)(O)CC3)cc2)C(=O)O1. The smallest absolute Gasteiger partial charge is 0.414 e. The van der Waals surface area contributed by atoms with Gasteiger partial charge >= 0.3 is 12.2 Å². The van der Waals surface area contributed by atoms with Gasteiger partial charge in [-0.25, -0.2) is 9.59 Å². The number of carbonyl (C=O) groups is 2. The molecule has 2 heterocycles. The number of amides is 2. The number of carbonyl (C=O) groups excluding carboxylic acids is 1. The Bertz CT molecular complexity index is 690. The van der Waals surface area contributed by atoms with Crippen molar-refractivity contribution in [3.8, 4) is 0 Å². The Labute approximate surface area is 146 Å². The van der Waals surface area contributed by atoms with Gasteiger partial charge in [0.1, 0.15) is 6.10 Å². The summed E-state index contributed by atoms with van der Waals surface area (Å²) in [6.45, 7) is 0.331. The van der Waals surface area contributed by atoms with Gasteiger partial charge in [-0.15, -0.1) is 0 Å². The fraction of sp³-hybridized carbons (Fsp3) is 0.375. The van der Waals surface area contributed by atoms with Gasteiger partial charge in [0.25, 0.3) is 0 Å². The van der Waals surface area contributed by atoms with Crippen LogP contribution in [0.25, 0.3) is 0 Å². The zero-order valence-corrected chi connectivity index (χ0v) is 14.2. The molecule has 1 aromatic rings. The average molecular weight is 368 g/mol. The second-order valence-electron chi connectivity index (χ2n) is 6.04. The lowest BCUT2D eigenvalue weighted by atomic mass is 9.96. The van der Waals surface area contributed by atoms with Crippen molar-refractivity contribution in [2.75, 3.05) is 23.7 Å². The molecule has 4 N–H and O–H groups in total. The van der Waals surface area contributed by atoms with E-state index in [2.05, 4.69) is 5.32 Å². The fourth-order valence-electron chi connectivity index (χ4n) is 2.90. The fourth-order valence-corrected chi connectivity index (χ4v) is 4.08. The first-order valence-corrected chi connectivity index (χ1v) is 9.61. The Morgan fingerprint density at radius 2 is 2.04 bits per heavy atom. The van der Waals surface area contributed by atoms with Crippen LogP contribution in [0, 0.1) is 0 Å². The van der Waals surface area contributed by atoms with Gasteiger partial charge in [-0.1, -0.05) is 18.2 Å². The van der Waals surface area contributed by atoms with Crippen LogP contribution < -0.4 is 10.2 Å². The molecule has 2 unspecified atom stereocenters. The van der Waals surface area contributed by atoms with E-state index in [4.69, 9.17) is 9.84 Å². The highest BCUT2D eigenvalue weighted by molar-refractivity contribution is 8.26. The quantitative estimate of drug-likeness (QED) is 0.648. The summed E-state index contributed by atoms with van der Waals surface area (Å²) in [7, 11) is -2.57. The molecule has 1 saturated heterocycles. The topological polar surface area (TPSA) is 119 Å². The molecule has 2 aliphatic rings. The lowest BCUT2D eigenvalue weighted by Gasteiger charge is -2.33.